The van der Waals surface area contributed by atoms with Crippen molar-refractivity contribution in [1.29, 1.82) is 5.26 Å². The number of halogens is 3. The molecule has 1 saturated carbocycles. The van der Waals surface area contributed by atoms with Crippen LogP contribution in [0.1, 0.15) is 41.5 Å². The maximum Gasteiger partial charge on any atom is 0.227 e. The van der Waals surface area contributed by atoms with Crippen molar-refractivity contribution in [2.24, 2.45) is 11.7 Å². The van der Waals surface area contributed by atoms with Crippen LogP contribution in [0.15, 0.2) is 54.6 Å². The Balaban J connectivity index is 1.32. The minimum Gasteiger partial charge on any atom is -0.490 e. The predicted molar refractivity (Wildman–Crippen MR) is 164 cm³/mol. The fourth-order valence-corrected chi connectivity index (χ4v) is 5.58. The van der Waals surface area contributed by atoms with Crippen LogP contribution in [0, 0.1) is 24.2 Å². The fourth-order valence-electron chi connectivity index (χ4n) is 4.70. The zero-order valence-corrected chi connectivity index (χ0v) is 25.3. The van der Waals surface area contributed by atoms with Gasteiger partial charge in [0.25, 0.3) is 0 Å². The third-order valence-electron chi connectivity index (χ3n) is 7.03. The molecule has 1 unspecified atom stereocenters. The maximum atomic E-state index is 13.7. The molecule has 0 heterocycles. The Morgan fingerprint density at radius 2 is 1.66 bits per heavy atom. The number of rotatable bonds is 14. The van der Waals surface area contributed by atoms with E-state index in [9.17, 15) is 4.79 Å². The van der Waals surface area contributed by atoms with Crippen LogP contribution < -0.4 is 15.2 Å². The number of ether oxygens (including phenoxy) is 2. The summed E-state index contributed by atoms with van der Waals surface area (Å²) >= 11 is 19.0. The first-order valence-corrected chi connectivity index (χ1v) is 14.9. The van der Waals surface area contributed by atoms with E-state index in [1.54, 1.807) is 12.1 Å². The highest BCUT2D eigenvalue weighted by Gasteiger charge is 2.35. The van der Waals surface area contributed by atoms with Gasteiger partial charge in [-0.3, -0.25) is 4.79 Å². The normalized spacial score (nSPS) is 13.4. The second-order valence-corrected chi connectivity index (χ2v) is 11.5. The number of hydrogen-bond donors (Lipinski definition) is 1. The van der Waals surface area contributed by atoms with Gasteiger partial charge in [0.05, 0.1) is 22.0 Å². The zero-order valence-electron chi connectivity index (χ0n) is 23.0. The summed E-state index contributed by atoms with van der Waals surface area (Å²) in [6, 6.07) is 19.4. The van der Waals surface area contributed by atoms with Gasteiger partial charge in [0, 0.05) is 30.6 Å². The van der Waals surface area contributed by atoms with Gasteiger partial charge < -0.3 is 20.1 Å². The number of aryl methyl sites for hydroxylation is 2. The number of amides is 1. The van der Waals surface area contributed by atoms with Gasteiger partial charge in [0.2, 0.25) is 5.91 Å². The molecule has 0 bridgehead atoms. The topological polar surface area (TPSA) is 88.6 Å². The Hall–Kier alpha value is -2.95. The zero-order chi connectivity index (χ0) is 29.4. The molecular weight excluding hydrogens is 581 g/mol. The molecule has 41 heavy (non-hydrogen) atoms. The average Bonchev–Trinajstić information content (AvgIpc) is 3.79. The van der Waals surface area contributed by atoms with Crippen molar-refractivity contribution in [1.82, 2.24) is 4.90 Å². The Morgan fingerprint density at radius 1 is 1.00 bits per heavy atom. The van der Waals surface area contributed by atoms with Gasteiger partial charge in [-0.25, -0.2) is 0 Å². The molecule has 1 fully saturated rings. The standard InChI is InChI=1S/C32H34Cl3N3O3/c1-21-15-29(34)31(30(35)16-21)41-14-13-40-27-9-4-23(5-10-27)17-24(19-37)32(39)38(26-7-8-26)20-25-18-22(3-2-12-36)6-11-28(25)33/h4-6,9-11,15-16,18,24,26H,2-3,7-8,13-14,17,19-20,37H2,1H3. The van der Waals surface area contributed by atoms with Crippen molar-refractivity contribution >= 4 is 40.7 Å². The van der Waals surface area contributed by atoms with E-state index in [4.69, 9.17) is 55.3 Å². The quantitative estimate of drug-likeness (QED) is 0.194. The molecule has 3 aromatic rings. The van der Waals surface area contributed by atoms with Crippen molar-refractivity contribution in [3.05, 3.63) is 91.9 Å². The molecule has 216 valence electrons. The summed E-state index contributed by atoms with van der Waals surface area (Å²) in [4.78, 5) is 15.6. The van der Waals surface area contributed by atoms with Gasteiger partial charge in [0.15, 0.2) is 5.75 Å². The Bertz CT molecular complexity index is 1360. The highest BCUT2D eigenvalue weighted by atomic mass is 35.5. The van der Waals surface area contributed by atoms with Crippen molar-refractivity contribution in [2.75, 3.05) is 19.8 Å². The third kappa shape index (κ3) is 8.77. The lowest BCUT2D eigenvalue weighted by atomic mass is 9.97. The van der Waals surface area contributed by atoms with E-state index in [2.05, 4.69) is 6.07 Å². The van der Waals surface area contributed by atoms with E-state index in [1.165, 1.54) is 0 Å². The van der Waals surface area contributed by atoms with Crippen LogP contribution in [0.2, 0.25) is 15.1 Å². The number of hydrogen-bond acceptors (Lipinski definition) is 5. The Morgan fingerprint density at radius 3 is 2.29 bits per heavy atom. The molecule has 9 heteroatoms. The summed E-state index contributed by atoms with van der Waals surface area (Å²) in [5.74, 6) is 0.837. The lowest BCUT2D eigenvalue weighted by molar-refractivity contribution is -0.136. The first-order chi connectivity index (χ1) is 19.8. The van der Waals surface area contributed by atoms with Crippen LogP contribution in [-0.4, -0.2) is 36.6 Å². The Kier molecular flexibility index (Phi) is 11.2. The molecule has 0 saturated heterocycles. The van der Waals surface area contributed by atoms with E-state index in [0.717, 1.165) is 35.1 Å². The second-order valence-electron chi connectivity index (χ2n) is 10.3. The van der Waals surface area contributed by atoms with Crippen LogP contribution >= 0.6 is 34.8 Å². The molecule has 1 atom stereocenters. The summed E-state index contributed by atoms with van der Waals surface area (Å²) in [5.41, 5.74) is 10.0. The Labute approximate surface area is 256 Å². The summed E-state index contributed by atoms with van der Waals surface area (Å²) < 4.78 is 11.5. The maximum absolute atomic E-state index is 13.7. The van der Waals surface area contributed by atoms with E-state index >= 15 is 0 Å². The third-order valence-corrected chi connectivity index (χ3v) is 7.96. The van der Waals surface area contributed by atoms with Gasteiger partial charge >= 0.3 is 0 Å². The molecule has 0 aromatic heterocycles. The largest absolute Gasteiger partial charge is 0.490 e. The summed E-state index contributed by atoms with van der Waals surface area (Å²) in [6.45, 7) is 3.21. The monoisotopic (exact) mass is 613 g/mol. The molecular formula is C32H34Cl3N3O3. The van der Waals surface area contributed by atoms with Gasteiger partial charge in [0.1, 0.15) is 19.0 Å². The van der Waals surface area contributed by atoms with Gasteiger partial charge in [-0.15, -0.1) is 0 Å². The number of carbonyl (C=O) groups excluding carboxylic acids is 1. The van der Waals surface area contributed by atoms with E-state index in [-0.39, 0.29) is 31.0 Å². The fraction of sp³-hybridized carbons (Fsp3) is 0.375. The first kappa shape index (κ1) is 31.0. The van der Waals surface area contributed by atoms with Crippen molar-refractivity contribution in [3.63, 3.8) is 0 Å². The highest BCUT2D eigenvalue weighted by Crippen LogP contribution is 2.34. The SMILES string of the molecule is Cc1cc(Cl)c(OCCOc2ccc(CC(CN)C(=O)N(Cc3cc(CCC#N)ccc3Cl)C3CC3)cc2)c(Cl)c1. The van der Waals surface area contributed by atoms with Crippen LogP contribution in [0.25, 0.3) is 0 Å². The minimum absolute atomic E-state index is 0.0411. The van der Waals surface area contributed by atoms with Crippen LogP contribution in [0.4, 0.5) is 0 Å². The number of carbonyl (C=O) groups is 1. The molecule has 1 amide bonds. The number of nitrogens with two attached hydrogens (primary N) is 1. The molecule has 0 radical (unpaired) electrons. The highest BCUT2D eigenvalue weighted by molar-refractivity contribution is 6.37. The smallest absolute Gasteiger partial charge is 0.227 e. The average molecular weight is 615 g/mol. The molecule has 6 nitrogen and oxygen atoms in total. The van der Waals surface area contributed by atoms with Crippen molar-refractivity contribution < 1.29 is 14.3 Å². The number of nitriles is 1. The molecule has 3 aromatic carbocycles. The molecule has 0 aliphatic heterocycles. The summed E-state index contributed by atoms with van der Waals surface area (Å²) in [7, 11) is 0. The van der Waals surface area contributed by atoms with E-state index in [0.29, 0.717) is 59.0 Å². The van der Waals surface area contributed by atoms with Crippen LogP contribution in [0.3, 0.4) is 0 Å². The van der Waals surface area contributed by atoms with E-state index in [1.807, 2.05) is 54.3 Å². The lowest BCUT2D eigenvalue weighted by Gasteiger charge is -2.28. The van der Waals surface area contributed by atoms with Crippen molar-refractivity contribution in [2.45, 2.75) is 51.6 Å². The predicted octanol–water partition coefficient (Wildman–Crippen LogP) is 7.18. The van der Waals surface area contributed by atoms with Crippen LogP contribution in [0.5, 0.6) is 11.5 Å². The van der Waals surface area contributed by atoms with E-state index < -0.39 is 0 Å². The molecule has 4 rings (SSSR count). The molecule has 2 N–H and O–H groups in total. The second kappa shape index (κ2) is 14.8. The molecule has 0 spiro atoms. The van der Waals surface area contributed by atoms with Gasteiger partial charge in [-0.05, 0) is 85.2 Å². The van der Waals surface area contributed by atoms with Crippen LogP contribution in [-0.2, 0) is 24.2 Å². The molecule has 1 aliphatic carbocycles. The number of nitrogens with zero attached hydrogens (tertiary/aromatic N) is 2. The minimum atomic E-state index is -0.347. The number of benzene rings is 3. The first-order valence-electron chi connectivity index (χ1n) is 13.7. The summed E-state index contributed by atoms with van der Waals surface area (Å²) in [5, 5.41) is 10.5. The molecule has 1 aliphatic rings. The van der Waals surface area contributed by atoms with Gasteiger partial charge in [-0.2, -0.15) is 5.26 Å². The summed E-state index contributed by atoms with van der Waals surface area (Å²) in [6.07, 6.45) is 3.59. The van der Waals surface area contributed by atoms with Gasteiger partial charge in [-0.1, -0.05) is 59.1 Å². The lowest BCUT2D eigenvalue weighted by Crippen LogP contribution is -2.41. The van der Waals surface area contributed by atoms with Crippen molar-refractivity contribution in [3.8, 4) is 17.6 Å².